The zero-order valence-corrected chi connectivity index (χ0v) is 17.5. The molecule has 0 bridgehead atoms. The van der Waals surface area contributed by atoms with Gasteiger partial charge in [0.05, 0.1) is 5.41 Å². The molecule has 0 saturated heterocycles. The zero-order chi connectivity index (χ0) is 21.1. The molecule has 1 N–H and O–H groups in total. The second-order valence-corrected chi connectivity index (χ2v) is 8.61. The van der Waals surface area contributed by atoms with Gasteiger partial charge in [-0.3, -0.25) is 0 Å². The van der Waals surface area contributed by atoms with E-state index in [2.05, 4.69) is 127 Å². The van der Waals surface area contributed by atoms with Gasteiger partial charge in [-0.25, -0.2) is 0 Å². The molecule has 0 atom stereocenters. The molecule has 32 heavy (non-hydrogen) atoms. The third-order valence-corrected chi connectivity index (χ3v) is 7.07. The molecule has 0 amide bonds. The molecular formula is C31H21N. The van der Waals surface area contributed by atoms with Crippen LogP contribution in [-0.2, 0) is 5.41 Å². The maximum absolute atomic E-state index is 3.70. The first-order valence-electron chi connectivity index (χ1n) is 11.1. The summed E-state index contributed by atoms with van der Waals surface area (Å²) < 4.78 is 0. The summed E-state index contributed by atoms with van der Waals surface area (Å²) in [5.41, 5.74) is 12.8. The van der Waals surface area contributed by atoms with E-state index in [1.165, 1.54) is 44.5 Å². The fraction of sp³-hybridized carbons (Fsp3) is 0.0323. The molecule has 2 aliphatic carbocycles. The van der Waals surface area contributed by atoms with Crippen LogP contribution in [0.4, 0.5) is 11.4 Å². The van der Waals surface area contributed by atoms with Gasteiger partial charge >= 0.3 is 0 Å². The Morgan fingerprint density at radius 1 is 0.406 bits per heavy atom. The van der Waals surface area contributed by atoms with Crippen LogP contribution in [0.3, 0.4) is 0 Å². The first-order chi connectivity index (χ1) is 15.9. The average Bonchev–Trinajstić information content (AvgIpc) is 3.33. The van der Waals surface area contributed by atoms with Crippen molar-refractivity contribution in [2.24, 2.45) is 0 Å². The second kappa shape index (κ2) is 6.45. The molecule has 1 spiro atoms. The summed E-state index contributed by atoms with van der Waals surface area (Å²) >= 11 is 0. The minimum absolute atomic E-state index is 0.284. The van der Waals surface area contributed by atoms with Gasteiger partial charge in [0.1, 0.15) is 0 Å². The molecule has 0 aromatic heterocycles. The summed E-state index contributed by atoms with van der Waals surface area (Å²) in [7, 11) is 0. The largest absolute Gasteiger partial charge is 0.355 e. The summed E-state index contributed by atoms with van der Waals surface area (Å²) in [6.07, 6.45) is 0. The van der Waals surface area contributed by atoms with Gasteiger partial charge in [0.25, 0.3) is 0 Å². The van der Waals surface area contributed by atoms with Crippen LogP contribution < -0.4 is 5.32 Å². The molecule has 5 aromatic rings. The van der Waals surface area contributed by atoms with E-state index in [1.807, 2.05) is 0 Å². The highest BCUT2D eigenvalue weighted by molar-refractivity contribution is 5.99. The van der Waals surface area contributed by atoms with Crippen molar-refractivity contribution in [3.63, 3.8) is 0 Å². The molecule has 0 saturated carbocycles. The maximum Gasteiger partial charge on any atom is 0.0726 e. The van der Waals surface area contributed by atoms with Crippen molar-refractivity contribution in [3.8, 4) is 22.3 Å². The number of anilines is 2. The highest BCUT2D eigenvalue weighted by atomic mass is 14.9. The van der Waals surface area contributed by atoms with Crippen LogP contribution in [-0.4, -0.2) is 0 Å². The number of hydrogen-bond donors (Lipinski definition) is 1. The maximum atomic E-state index is 3.70. The summed E-state index contributed by atoms with van der Waals surface area (Å²) in [6.45, 7) is 0. The van der Waals surface area contributed by atoms with Gasteiger partial charge in [0, 0.05) is 16.9 Å². The molecule has 0 unspecified atom stereocenters. The van der Waals surface area contributed by atoms with Crippen LogP contribution in [0.2, 0.25) is 0 Å². The molecule has 0 radical (unpaired) electrons. The molecule has 1 nitrogen and oxygen atoms in total. The lowest BCUT2D eigenvalue weighted by atomic mass is 9.70. The van der Waals surface area contributed by atoms with Gasteiger partial charge in [-0.05, 0) is 57.1 Å². The quantitative estimate of drug-likeness (QED) is 0.309. The van der Waals surface area contributed by atoms with Crippen LogP contribution in [0.1, 0.15) is 22.3 Å². The Morgan fingerprint density at radius 2 is 0.906 bits per heavy atom. The first kappa shape index (κ1) is 17.6. The summed E-state index contributed by atoms with van der Waals surface area (Å²) in [5.74, 6) is 0. The van der Waals surface area contributed by atoms with E-state index >= 15 is 0 Å². The highest BCUT2D eigenvalue weighted by Crippen LogP contribution is 2.63. The Bertz CT molecular complexity index is 1450. The van der Waals surface area contributed by atoms with Gasteiger partial charge in [-0.2, -0.15) is 0 Å². The van der Waals surface area contributed by atoms with E-state index in [9.17, 15) is 0 Å². The first-order valence-corrected chi connectivity index (χ1v) is 11.1. The summed E-state index contributed by atoms with van der Waals surface area (Å²) in [6, 6.07) is 44.0. The number of para-hydroxylation sites is 1. The van der Waals surface area contributed by atoms with Crippen molar-refractivity contribution in [3.05, 3.63) is 144 Å². The van der Waals surface area contributed by atoms with Gasteiger partial charge in [0.15, 0.2) is 0 Å². The SMILES string of the molecule is c1ccc(Nc2cccc3c2-c2ccccc2C32c3ccccc3-c3ccccc32)cc1. The molecule has 150 valence electrons. The van der Waals surface area contributed by atoms with Crippen molar-refractivity contribution in [2.75, 3.05) is 5.32 Å². The summed E-state index contributed by atoms with van der Waals surface area (Å²) in [4.78, 5) is 0. The monoisotopic (exact) mass is 407 g/mol. The topological polar surface area (TPSA) is 12.0 Å². The molecule has 7 rings (SSSR count). The van der Waals surface area contributed by atoms with E-state index in [4.69, 9.17) is 0 Å². The van der Waals surface area contributed by atoms with E-state index in [-0.39, 0.29) is 5.41 Å². The third-order valence-electron chi connectivity index (χ3n) is 7.07. The van der Waals surface area contributed by atoms with E-state index in [0.29, 0.717) is 0 Å². The van der Waals surface area contributed by atoms with Crippen LogP contribution >= 0.6 is 0 Å². The molecule has 0 heterocycles. The lowest BCUT2D eigenvalue weighted by Crippen LogP contribution is -2.25. The lowest BCUT2D eigenvalue weighted by Gasteiger charge is -2.30. The Morgan fingerprint density at radius 3 is 1.56 bits per heavy atom. The summed E-state index contributed by atoms with van der Waals surface area (Å²) in [5, 5.41) is 3.70. The van der Waals surface area contributed by atoms with Crippen LogP contribution in [0.25, 0.3) is 22.3 Å². The number of hydrogen-bond acceptors (Lipinski definition) is 1. The van der Waals surface area contributed by atoms with Crippen LogP contribution in [0.5, 0.6) is 0 Å². The average molecular weight is 408 g/mol. The lowest BCUT2D eigenvalue weighted by molar-refractivity contribution is 0.794. The third kappa shape index (κ3) is 2.13. The molecule has 2 aliphatic rings. The standard InChI is InChI=1S/C31H21N/c1-2-11-21(12-3-1)32-29-20-10-19-28-30(29)24-15-6-9-18-27(24)31(28)25-16-7-4-13-22(25)23-14-5-8-17-26(23)31/h1-20,32H. The highest BCUT2D eigenvalue weighted by Gasteiger charge is 2.51. The Labute approximate surface area is 188 Å². The van der Waals surface area contributed by atoms with E-state index in [1.54, 1.807) is 0 Å². The van der Waals surface area contributed by atoms with Crippen molar-refractivity contribution in [1.29, 1.82) is 0 Å². The molecule has 0 aliphatic heterocycles. The fourth-order valence-electron chi connectivity index (χ4n) is 5.92. The molecule has 0 fully saturated rings. The van der Waals surface area contributed by atoms with Gasteiger partial charge in [0.2, 0.25) is 0 Å². The van der Waals surface area contributed by atoms with Gasteiger partial charge in [-0.1, -0.05) is 103 Å². The number of fused-ring (bicyclic) bond motifs is 10. The Kier molecular flexibility index (Phi) is 3.54. The van der Waals surface area contributed by atoms with Crippen molar-refractivity contribution in [1.82, 2.24) is 0 Å². The number of nitrogens with one attached hydrogen (secondary N) is 1. The smallest absolute Gasteiger partial charge is 0.0726 e. The van der Waals surface area contributed by atoms with Gasteiger partial charge < -0.3 is 5.32 Å². The van der Waals surface area contributed by atoms with Crippen molar-refractivity contribution >= 4 is 11.4 Å². The zero-order valence-electron chi connectivity index (χ0n) is 17.5. The minimum Gasteiger partial charge on any atom is -0.355 e. The Hall–Kier alpha value is -4.10. The number of benzene rings is 5. The molecule has 1 heteroatoms. The number of rotatable bonds is 2. The fourth-order valence-corrected chi connectivity index (χ4v) is 5.92. The van der Waals surface area contributed by atoms with Crippen LogP contribution in [0, 0.1) is 0 Å². The second-order valence-electron chi connectivity index (χ2n) is 8.61. The normalized spacial score (nSPS) is 13.9. The predicted molar refractivity (Wildman–Crippen MR) is 132 cm³/mol. The predicted octanol–water partition coefficient (Wildman–Crippen LogP) is 7.77. The minimum atomic E-state index is -0.284. The molecular weight excluding hydrogens is 386 g/mol. The van der Waals surface area contributed by atoms with Crippen LogP contribution in [0.15, 0.2) is 121 Å². The molecule has 5 aromatic carbocycles. The van der Waals surface area contributed by atoms with E-state index in [0.717, 1.165) is 11.4 Å². The van der Waals surface area contributed by atoms with Crippen molar-refractivity contribution in [2.45, 2.75) is 5.41 Å². The van der Waals surface area contributed by atoms with Crippen molar-refractivity contribution < 1.29 is 0 Å². The van der Waals surface area contributed by atoms with Gasteiger partial charge in [-0.15, -0.1) is 0 Å². The van der Waals surface area contributed by atoms with E-state index < -0.39 is 0 Å². The Balaban J connectivity index is 1.59.